The van der Waals surface area contributed by atoms with Gasteiger partial charge in [-0.2, -0.15) is 0 Å². The van der Waals surface area contributed by atoms with E-state index >= 15 is 0 Å². The molecule has 0 aliphatic heterocycles. The van der Waals surface area contributed by atoms with Gasteiger partial charge in [-0.1, -0.05) is 18.2 Å². The Labute approximate surface area is 127 Å². The fourth-order valence-corrected chi connectivity index (χ4v) is 2.91. The number of non-ortho nitro benzene ring substituents is 1. The van der Waals surface area contributed by atoms with Crippen LogP contribution in [-0.2, 0) is 16.0 Å². The average Bonchev–Trinajstić information content (AvgIpc) is 2.89. The number of esters is 1. The maximum absolute atomic E-state index is 11.7. The molecule has 0 N–H and O–H groups in total. The highest BCUT2D eigenvalue weighted by molar-refractivity contribution is 5.81. The quantitative estimate of drug-likeness (QED) is 0.422. The van der Waals surface area contributed by atoms with Gasteiger partial charge in [0, 0.05) is 12.1 Å². The van der Waals surface area contributed by atoms with Gasteiger partial charge in [0.05, 0.1) is 18.0 Å². The predicted octanol–water partition coefficient (Wildman–Crippen LogP) is 3.44. The Hall–Kier alpha value is -2.69. The van der Waals surface area contributed by atoms with Gasteiger partial charge in [0.15, 0.2) is 0 Å². The lowest BCUT2D eigenvalue weighted by atomic mass is 9.96. The Morgan fingerprint density at radius 2 is 1.82 bits per heavy atom. The summed E-state index contributed by atoms with van der Waals surface area (Å²) in [6.45, 7) is 1.81. The van der Waals surface area contributed by atoms with E-state index in [0.29, 0.717) is 6.42 Å². The molecule has 0 amide bonds. The molecule has 0 radical (unpaired) electrons. The molecule has 5 heteroatoms. The molecule has 112 valence electrons. The van der Waals surface area contributed by atoms with Crippen molar-refractivity contribution in [2.24, 2.45) is 0 Å². The minimum Gasteiger partial charge on any atom is -0.469 e. The molecule has 0 unspecified atom stereocenters. The molecule has 1 aliphatic carbocycles. The number of benzene rings is 2. The van der Waals surface area contributed by atoms with Crippen LogP contribution in [0.1, 0.15) is 29.5 Å². The number of hydrogen-bond donors (Lipinski definition) is 0. The molecule has 2 aromatic rings. The molecule has 1 atom stereocenters. The van der Waals surface area contributed by atoms with Crippen LogP contribution in [0.25, 0.3) is 11.1 Å². The average molecular weight is 297 g/mol. The van der Waals surface area contributed by atoms with Crippen LogP contribution >= 0.6 is 0 Å². The number of nitro benzene ring substituents is 1. The highest BCUT2D eigenvalue weighted by Gasteiger charge is 2.23. The van der Waals surface area contributed by atoms with Crippen molar-refractivity contribution in [2.75, 3.05) is 7.11 Å². The normalized spacial score (nSPS) is 13.2. The summed E-state index contributed by atoms with van der Waals surface area (Å²) >= 11 is 0. The van der Waals surface area contributed by atoms with Gasteiger partial charge >= 0.3 is 5.97 Å². The summed E-state index contributed by atoms with van der Waals surface area (Å²) in [4.78, 5) is 22.2. The van der Waals surface area contributed by atoms with Gasteiger partial charge in [-0.25, -0.2) is 0 Å². The number of nitro groups is 1. The second-order valence-electron chi connectivity index (χ2n) is 5.44. The first-order chi connectivity index (χ1) is 10.5. The zero-order valence-corrected chi connectivity index (χ0v) is 12.3. The zero-order chi connectivity index (χ0) is 15.9. The minimum atomic E-state index is -0.381. The number of carbonyl (C=O) groups is 1. The molecule has 0 fully saturated rings. The molecule has 0 saturated heterocycles. The summed E-state index contributed by atoms with van der Waals surface area (Å²) in [5.74, 6) is -0.598. The molecule has 22 heavy (non-hydrogen) atoms. The van der Waals surface area contributed by atoms with Gasteiger partial charge in [0.2, 0.25) is 0 Å². The summed E-state index contributed by atoms with van der Waals surface area (Å²) in [5, 5.41) is 10.9. The van der Waals surface area contributed by atoms with E-state index in [2.05, 4.69) is 0 Å². The van der Waals surface area contributed by atoms with Crippen LogP contribution in [0.2, 0.25) is 0 Å². The Bertz CT molecular complexity index is 782. The van der Waals surface area contributed by atoms with Crippen LogP contribution in [0, 0.1) is 10.1 Å². The summed E-state index contributed by atoms with van der Waals surface area (Å²) in [6, 6.07) is 10.8. The van der Waals surface area contributed by atoms with Crippen LogP contribution in [-0.4, -0.2) is 18.0 Å². The Morgan fingerprint density at radius 3 is 2.45 bits per heavy atom. The van der Waals surface area contributed by atoms with Gasteiger partial charge in [-0.05, 0) is 47.2 Å². The van der Waals surface area contributed by atoms with Crippen molar-refractivity contribution in [3.05, 3.63) is 63.2 Å². The topological polar surface area (TPSA) is 69.4 Å². The van der Waals surface area contributed by atoms with Crippen LogP contribution < -0.4 is 0 Å². The van der Waals surface area contributed by atoms with Crippen LogP contribution in [0.15, 0.2) is 36.4 Å². The number of fused-ring (bicyclic) bond motifs is 3. The summed E-state index contributed by atoms with van der Waals surface area (Å²) in [6.07, 6.45) is 0.647. The van der Waals surface area contributed by atoms with E-state index in [1.165, 1.54) is 13.2 Å². The molecule has 0 heterocycles. The third-order valence-corrected chi connectivity index (χ3v) is 4.15. The van der Waals surface area contributed by atoms with Gasteiger partial charge in [-0.15, -0.1) is 0 Å². The first kappa shape index (κ1) is 14.3. The van der Waals surface area contributed by atoms with Gasteiger partial charge in [0.1, 0.15) is 0 Å². The minimum absolute atomic E-state index is 0.106. The monoisotopic (exact) mass is 297 g/mol. The van der Waals surface area contributed by atoms with Crippen molar-refractivity contribution >= 4 is 11.7 Å². The Morgan fingerprint density at radius 1 is 1.18 bits per heavy atom. The maximum Gasteiger partial charge on any atom is 0.312 e. The van der Waals surface area contributed by atoms with Gasteiger partial charge in [-0.3, -0.25) is 14.9 Å². The van der Waals surface area contributed by atoms with Crippen molar-refractivity contribution < 1.29 is 14.5 Å². The van der Waals surface area contributed by atoms with Gasteiger partial charge in [0.25, 0.3) is 5.69 Å². The second-order valence-corrected chi connectivity index (χ2v) is 5.44. The SMILES string of the molecule is COC(=O)[C@H](C)c1ccc2c(c1)Cc1cc([N+](=O)[O-])ccc1-2. The number of nitrogens with zero attached hydrogens (tertiary/aromatic N) is 1. The third kappa shape index (κ3) is 2.24. The van der Waals surface area contributed by atoms with E-state index in [1.54, 1.807) is 19.1 Å². The highest BCUT2D eigenvalue weighted by Crippen LogP contribution is 2.39. The summed E-state index contributed by atoms with van der Waals surface area (Å²) < 4.78 is 4.78. The highest BCUT2D eigenvalue weighted by atomic mass is 16.6. The lowest BCUT2D eigenvalue weighted by molar-refractivity contribution is -0.384. The van der Waals surface area contributed by atoms with E-state index in [1.807, 2.05) is 18.2 Å². The fraction of sp³-hybridized carbons (Fsp3) is 0.235. The molecule has 0 saturated carbocycles. The number of carbonyl (C=O) groups excluding carboxylic acids is 1. The fourth-order valence-electron chi connectivity index (χ4n) is 2.91. The maximum atomic E-state index is 11.7. The van der Waals surface area contributed by atoms with E-state index < -0.39 is 0 Å². The smallest absolute Gasteiger partial charge is 0.312 e. The van der Waals surface area contributed by atoms with Crippen molar-refractivity contribution in [1.29, 1.82) is 0 Å². The zero-order valence-electron chi connectivity index (χ0n) is 12.3. The molecule has 2 aromatic carbocycles. The first-order valence-electron chi connectivity index (χ1n) is 6.99. The molecule has 0 aromatic heterocycles. The molecule has 0 bridgehead atoms. The number of hydrogen-bond acceptors (Lipinski definition) is 4. The second kappa shape index (κ2) is 5.26. The largest absolute Gasteiger partial charge is 0.469 e. The van der Waals surface area contributed by atoms with E-state index in [9.17, 15) is 14.9 Å². The van der Waals surface area contributed by atoms with E-state index in [4.69, 9.17) is 4.74 Å². The molecule has 5 nitrogen and oxygen atoms in total. The predicted molar refractivity (Wildman–Crippen MR) is 81.8 cm³/mol. The summed E-state index contributed by atoms with van der Waals surface area (Å²) in [7, 11) is 1.38. The first-order valence-corrected chi connectivity index (χ1v) is 6.99. The Kier molecular flexibility index (Phi) is 3.41. The van der Waals surface area contributed by atoms with Crippen molar-refractivity contribution in [1.82, 2.24) is 0 Å². The van der Waals surface area contributed by atoms with Crippen LogP contribution in [0.3, 0.4) is 0 Å². The molecular weight excluding hydrogens is 282 g/mol. The number of rotatable bonds is 3. The van der Waals surface area contributed by atoms with Crippen LogP contribution in [0.5, 0.6) is 0 Å². The van der Waals surface area contributed by atoms with Crippen molar-refractivity contribution in [2.45, 2.75) is 19.3 Å². The summed E-state index contributed by atoms with van der Waals surface area (Å²) in [5.41, 5.74) is 5.14. The van der Waals surface area contributed by atoms with Crippen molar-refractivity contribution in [3.8, 4) is 11.1 Å². The lowest BCUT2D eigenvalue weighted by Gasteiger charge is -2.11. The number of methoxy groups -OCH3 is 1. The number of ether oxygens (including phenoxy) is 1. The van der Waals surface area contributed by atoms with E-state index in [0.717, 1.165) is 27.8 Å². The van der Waals surface area contributed by atoms with E-state index in [-0.39, 0.29) is 22.5 Å². The van der Waals surface area contributed by atoms with Crippen LogP contribution in [0.4, 0.5) is 5.69 Å². The molecular formula is C17H15NO4. The molecule has 3 rings (SSSR count). The third-order valence-electron chi connectivity index (χ3n) is 4.15. The van der Waals surface area contributed by atoms with Gasteiger partial charge < -0.3 is 4.74 Å². The lowest BCUT2D eigenvalue weighted by Crippen LogP contribution is -2.10. The Balaban J connectivity index is 1.98. The van der Waals surface area contributed by atoms with Crippen molar-refractivity contribution in [3.63, 3.8) is 0 Å². The standard InChI is InChI=1S/C17H15NO4/c1-10(17(19)22-2)11-3-5-15-12(7-11)8-13-9-14(18(20)21)4-6-16(13)15/h3-7,9-10H,8H2,1-2H3/t10-/m1/s1. The molecule has 0 spiro atoms. The molecule has 1 aliphatic rings.